The summed E-state index contributed by atoms with van der Waals surface area (Å²) in [6, 6.07) is 2.07. The van der Waals surface area contributed by atoms with Crippen molar-refractivity contribution in [2.45, 2.75) is 6.42 Å². The van der Waals surface area contributed by atoms with Crippen LogP contribution < -0.4 is 0 Å². The quantitative estimate of drug-likeness (QED) is 0.796. The summed E-state index contributed by atoms with van der Waals surface area (Å²) in [6.07, 6.45) is 6.87. The number of likely N-dealkylation sites (N-methyl/N-ethyl adjacent to an activating group) is 1. The smallest absolute Gasteiger partial charge is 0.0643 e. The molecule has 0 radical (unpaired) electrons. The van der Waals surface area contributed by atoms with E-state index in [1.807, 2.05) is 12.4 Å². The molecular formula is C11H15N3. The minimum atomic E-state index is 1.08. The van der Waals surface area contributed by atoms with E-state index in [1.165, 1.54) is 10.9 Å². The van der Waals surface area contributed by atoms with Crippen LogP contribution in [-0.2, 0) is 6.42 Å². The lowest BCUT2D eigenvalue weighted by molar-refractivity contribution is 0.414. The molecule has 0 spiro atoms. The molecule has 2 rings (SSSR count). The number of hydrogen-bond donors (Lipinski definition) is 1. The molecule has 0 unspecified atom stereocenters. The predicted octanol–water partition coefficient (Wildman–Crippen LogP) is 1.67. The first kappa shape index (κ1) is 9.21. The topological polar surface area (TPSA) is 31.9 Å². The SMILES string of the molecule is CN(C)CCc1c[nH]c2cnccc12. The molecule has 3 nitrogen and oxygen atoms in total. The normalized spacial score (nSPS) is 11.4. The van der Waals surface area contributed by atoms with E-state index in [0.29, 0.717) is 0 Å². The van der Waals surface area contributed by atoms with Crippen LogP contribution in [0.4, 0.5) is 0 Å². The van der Waals surface area contributed by atoms with Crippen LogP contribution in [0.1, 0.15) is 5.56 Å². The molecule has 2 heterocycles. The van der Waals surface area contributed by atoms with E-state index in [9.17, 15) is 0 Å². The number of pyridine rings is 1. The fourth-order valence-corrected chi connectivity index (χ4v) is 1.58. The van der Waals surface area contributed by atoms with Crippen molar-refractivity contribution in [3.8, 4) is 0 Å². The molecular weight excluding hydrogens is 174 g/mol. The Balaban J connectivity index is 2.25. The van der Waals surface area contributed by atoms with E-state index in [2.05, 4.69) is 41.2 Å². The zero-order chi connectivity index (χ0) is 9.97. The maximum atomic E-state index is 4.08. The summed E-state index contributed by atoms with van der Waals surface area (Å²) in [5.74, 6) is 0. The van der Waals surface area contributed by atoms with E-state index in [0.717, 1.165) is 18.5 Å². The Morgan fingerprint density at radius 1 is 1.43 bits per heavy atom. The molecule has 0 saturated heterocycles. The molecule has 14 heavy (non-hydrogen) atoms. The van der Waals surface area contributed by atoms with Gasteiger partial charge in [-0.15, -0.1) is 0 Å². The molecule has 0 fully saturated rings. The molecule has 0 amide bonds. The van der Waals surface area contributed by atoms with Crippen molar-refractivity contribution < 1.29 is 0 Å². The molecule has 0 aromatic carbocycles. The van der Waals surface area contributed by atoms with Gasteiger partial charge in [-0.2, -0.15) is 0 Å². The number of aromatic nitrogens is 2. The monoisotopic (exact) mass is 189 g/mol. The highest BCUT2D eigenvalue weighted by molar-refractivity contribution is 5.82. The number of nitrogens with one attached hydrogen (secondary N) is 1. The summed E-state index contributed by atoms with van der Waals surface area (Å²) in [7, 11) is 4.19. The molecule has 0 aliphatic rings. The summed E-state index contributed by atoms with van der Waals surface area (Å²) >= 11 is 0. The van der Waals surface area contributed by atoms with Gasteiger partial charge in [0.2, 0.25) is 0 Å². The Hall–Kier alpha value is -1.35. The minimum Gasteiger partial charge on any atom is -0.360 e. The second kappa shape index (κ2) is 3.80. The average molecular weight is 189 g/mol. The van der Waals surface area contributed by atoms with Crippen molar-refractivity contribution >= 4 is 10.9 Å². The summed E-state index contributed by atoms with van der Waals surface area (Å²) in [5, 5.41) is 1.29. The van der Waals surface area contributed by atoms with Crippen LogP contribution in [0, 0.1) is 0 Å². The van der Waals surface area contributed by atoms with Gasteiger partial charge in [0, 0.05) is 24.3 Å². The van der Waals surface area contributed by atoms with Crippen LogP contribution >= 0.6 is 0 Å². The van der Waals surface area contributed by atoms with Crippen molar-refractivity contribution in [2.75, 3.05) is 20.6 Å². The standard InChI is InChI=1S/C11H15N3/c1-14(2)6-4-9-7-13-11-8-12-5-3-10(9)11/h3,5,7-8,13H,4,6H2,1-2H3. The highest BCUT2D eigenvalue weighted by Crippen LogP contribution is 2.16. The highest BCUT2D eigenvalue weighted by Gasteiger charge is 2.02. The summed E-state index contributed by atoms with van der Waals surface area (Å²) in [5.41, 5.74) is 2.50. The van der Waals surface area contributed by atoms with Gasteiger partial charge in [-0.3, -0.25) is 4.98 Å². The number of hydrogen-bond acceptors (Lipinski definition) is 2. The van der Waals surface area contributed by atoms with Crippen molar-refractivity contribution in [1.29, 1.82) is 0 Å². The van der Waals surface area contributed by atoms with Crippen LogP contribution in [0.2, 0.25) is 0 Å². The molecule has 0 aliphatic heterocycles. The van der Waals surface area contributed by atoms with E-state index in [-0.39, 0.29) is 0 Å². The second-order valence-corrected chi connectivity index (χ2v) is 3.79. The van der Waals surface area contributed by atoms with Crippen LogP contribution in [0.15, 0.2) is 24.7 Å². The van der Waals surface area contributed by atoms with Crippen LogP contribution in [0.5, 0.6) is 0 Å². The molecule has 0 bridgehead atoms. The minimum absolute atomic E-state index is 1.08. The Kier molecular flexibility index (Phi) is 2.50. The van der Waals surface area contributed by atoms with Gasteiger partial charge in [0.25, 0.3) is 0 Å². The average Bonchev–Trinajstić information content (AvgIpc) is 2.58. The maximum Gasteiger partial charge on any atom is 0.0643 e. The van der Waals surface area contributed by atoms with Crippen LogP contribution in [0.3, 0.4) is 0 Å². The molecule has 2 aromatic rings. The third-order valence-corrected chi connectivity index (χ3v) is 2.40. The van der Waals surface area contributed by atoms with Gasteiger partial charge in [0.05, 0.1) is 11.7 Å². The Labute approximate surface area is 83.8 Å². The predicted molar refractivity (Wildman–Crippen MR) is 58.4 cm³/mol. The van der Waals surface area contributed by atoms with Crippen LogP contribution in [-0.4, -0.2) is 35.5 Å². The van der Waals surface area contributed by atoms with E-state index in [4.69, 9.17) is 0 Å². The fraction of sp³-hybridized carbons (Fsp3) is 0.364. The van der Waals surface area contributed by atoms with Crippen LogP contribution in [0.25, 0.3) is 10.9 Å². The molecule has 0 saturated carbocycles. The zero-order valence-corrected chi connectivity index (χ0v) is 8.62. The van der Waals surface area contributed by atoms with Crippen molar-refractivity contribution in [2.24, 2.45) is 0 Å². The summed E-state index contributed by atoms with van der Waals surface area (Å²) in [6.45, 7) is 1.08. The number of rotatable bonds is 3. The Morgan fingerprint density at radius 2 is 2.29 bits per heavy atom. The lowest BCUT2D eigenvalue weighted by Crippen LogP contribution is -2.14. The third kappa shape index (κ3) is 1.77. The molecule has 0 atom stereocenters. The Bertz CT molecular complexity index is 417. The van der Waals surface area contributed by atoms with Crippen molar-refractivity contribution in [3.05, 3.63) is 30.2 Å². The van der Waals surface area contributed by atoms with Crippen molar-refractivity contribution in [1.82, 2.24) is 14.9 Å². The van der Waals surface area contributed by atoms with E-state index in [1.54, 1.807) is 0 Å². The highest BCUT2D eigenvalue weighted by atomic mass is 15.0. The summed E-state index contributed by atoms with van der Waals surface area (Å²) in [4.78, 5) is 9.51. The maximum absolute atomic E-state index is 4.08. The van der Waals surface area contributed by atoms with Gasteiger partial charge in [-0.25, -0.2) is 0 Å². The largest absolute Gasteiger partial charge is 0.360 e. The molecule has 3 heteroatoms. The first-order chi connectivity index (χ1) is 6.77. The van der Waals surface area contributed by atoms with Crippen molar-refractivity contribution in [3.63, 3.8) is 0 Å². The molecule has 2 aromatic heterocycles. The number of aromatic amines is 1. The van der Waals surface area contributed by atoms with E-state index >= 15 is 0 Å². The number of nitrogens with zero attached hydrogens (tertiary/aromatic N) is 2. The lowest BCUT2D eigenvalue weighted by Gasteiger charge is -2.07. The number of H-pyrrole nitrogens is 1. The second-order valence-electron chi connectivity index (χ2n) is 3.79. The molecule has 1 N–H and O–H groups in total. The number of fused-ring (bicyclic) bond motifs is 1. The van der Waals surface area contributed by atoms with Gasteiger partial charge < -0.3 is 9.88 Å². The van der Waals surface area contributed by atoms with Gasteiger partial charge in [-0.05, 0) is 32.1 Å². The van der Waals surface area contributed by atoms with Gasteiger partial charge in [-0.1, -0.05) is 0 Å². The zero-order valence-electron chi connectivity index (χ0n) is 8.62. The van der Waals surface area contributed by atoms with Gasteiger partial charge in [0.1, 0.15) is 0 Å². The van der Waals surface area contributed by atoms with Gasteiger partial charge in [0.15, 0.2) is 0 Å². The lowest BCUT2D eigenvalue weighted by atomic mass is 10.1. The fourth-order valence-electron chi connectivity index (χ4n) is 1.58. The van der Waals surface area contributed by atoms with E-state index < -0.39 is 0 Å². The summed E-state index contributed by atoms with van der Waals surface area (Å²) < 4.78 is 0. The van der Waals surface area contributed by atoms with Gasteiger partial charge >= 0.3 is 0 Å². The first-order valence-corrected chi connectivity index (χ1v) is 4.82. The first-order valence-electron chi connectivity index (χ1n) is 4.82. The Morgan fingerprint density at radius 3 is 3.07 bits per heavy atom. The molecule has 74 valence electrons. The third-order valence-electron chi connectivity index (χ3n) is 2.40. The molecule has 0 aliphatic carbocycles.